The van der Waals surface area contributed by atoms with Gasteiger partial charge in [0.1, 0.15) is 0 Å². The second-order valence-electron chi connectivity index (χ2n) is 2.46. The molecule has 0 spiro atoms. The molecule has 0 fully saturated rings. The normalized spacial score (nSPS) is 10.9. The Hall–Kier alpha value is -1.84. The summed E-state index contributed by atoms with van der Waals surface area (Å²) in [5, 5.41) is 0. The third kappa shape index (κ3) is 2.58. The number of pyridine rings is 1. The minimum Gasteiger partial charge on any atom is -0.490 e. The fourth-order valence-electron chi connectivity index (χ4n) is 0.897. The number of nitrogens with zero attached hydrogens (tertiary/aromatic N) is 1. The summed E-state index contributed by atoms with van der Waals surface area (Å²) >= 11 is 0. The predicted octanol–water partition coefficient (Wildman–Crippen LogP) is 1.24. The molecule has 0 bridgehead atoms. The van der Waals surface area contributed by atoms with Crippen molar-refractivity contribution in [2.24, 2.45) is 0 Å². The average Bonchev–Trinajstić information content (AvgIpc) is 2.26. The van der Waals surface area contributed by atoms with Crippen molar-refractivity contribution in [1.29, 1.82) is 0 Å². The molecule has 0 aliphatic rings. The molecule has 0 N–H and O–H groups in total. The highest BCUT2D eigenvalue weighted by molar-refractivity contribution is 5.90. The van der Waals surface area contributed by atoms with Crippen molar-refractivity contribution in [3.63, 3.8) is 0 Å². The van der Waals surface area contributed by atoms with Crippen LogP contribution in [0.15, 0.2) is 30.2 Å². The summed E-state index contributed by atoms with van der Waals surface area (Å²) in [6.45, 7) is 0. The van der Waals surface area contributed by atoms with E-state index in [-0.39, 0.29) is 5.76 Å². The molecular formula is C10H11NO3. The third-order valence-electron chi connectivity index (χ3n) is 1.57. The molecule has 1 rings (SSSR count). The van der Waals surface area contributed by atoms with Crippen LogP contribution in [0.5, 0.6) is 0 Å². The molecule has 0 saturated heterocycles. The van der Waals surface area contributed by atoms with Crippen LogP contribution in [0.3, 0.4) is 0 Å². The van der Waals surface area contributed by atoms with Crippen LogP contribution in [-0.4, -0.2) is 25.2 Å². The Morgan fingerprint density at radius 3 is 2.64 bits per heavy atom. The molecular weight excluding hydrogens is 182 g/mol. The summed E-state index contributed by atoms with van der Waals surface area (Å²) in [4.78, 5) is 15.1. The summed E-state index contributed by atoms with van der Waals surface area (Å²) in [5.41, 5.74) is 0.648. The quantitative estimate of drug-likeness (QED) is 0.411. The molecule has 74 valence electrons. The largest absolute Gasteiger partial charge is 0.490 e. The van der Waals surface area contributed by atoms with E-state index in [0.29, 0.717) is 5.69 Å². The Bertz CT molecular complexity index is 332. The Labute approximate surface area is 82.2 Å². The number of carbonyl (C=O) groups excluding carboxylic acids is 1. The van der Waals surface area contributed by atoms with Crippen LogP contribution < -0.4 is 0 Å². The molecule has 1 aromatic heterocycles. The lowest BCUT2D eigenvalue weighted by atomic mass is 10.3. The van der Waals surface area contributed by atoms with Gasteiger partial charge in [-0.3, -0.25) is 4.98 Å². The zero-order chi connectivity index (χ0) is 10.4. The van der Waals surface area contributed by atoms with Crippen molar-refractivity contribution in [2.75, 3.05) is 14.2 Å². The van der Waals surface area contributed by atoms with E-state index < -0.39 is 5.97 Å². The Morgan fingerprint density at radius 1 is 1.36 bits per heavy atom. The van der Waals surface area contributed by atoms with Crippen molar-refractivity contribution < 1.29 is 14.3 Å². The van der Waals surface area contributed by atoms with E-state index >= 15 is 0 Å². The van der Waals surface area contributed by atoms with E-state index in [0.717, 1.165) is 0 Å². The van der Waals surface area contributed by atoms with Gasteiger partial charge in [0.05, 0.1) is 19.9 Å². The number of hydrogen-bond acceptors (Lipinski definition) is 4. The van der Waals surface area contributed by atoms with Gasteiger partial charge in [0.25, 0.3) is 0 Å². The Balaban J connectivity index is 2.89. The number of rotatable bonds is 3. The number of methoxy groups -OCH3 is 2. The summed E-state index contributed by atoms with van der Waals surface area (Å²) in [7, 11) is 2.71. The number of carbonyl (C=O) groups is 1. The van der Waals surface area contributed by atoms with Gasteiger partial charge in [-0.2, -0.15) is 0 Å². The predicted molar refractivity (Wildman–Crippen MR) is 51.2 cm³/mol. The first-order valence-corrected chi connectivity index (χ1v) is 4.03. The van der Waals surface area contributed by atoms with Crippen LogP contribution >= 0.6 is 0 Å². The molecule has 14 heavy (non-hydrogen) atoms. The van der Waals surface area contributed by atoms with Gasteiger partial charge >= 0.3 is 5.97 Å². The SMILES string of the molecule is COC(=O)/C(=C\c1ccccn1)OC. The van der Waals surface area contributed by atoms with Crippen LogP contribution in [0.2, 0.25) is 0 Å². The van der Waals surface area contributed by atoms with E-state index in [4.69, 9.17) is 4.74 Å². The molecule has 0 atom stereocenters. The van der Waals surface area contributed by atoms with Crippen molar-refractivity contribution in [2.45, 2.75) is 0 Å². The van der Waals surface area contributed by atoms with Crippen molar-refractivity contribution in [3.05, 3.63) is 35.8 Å². The van der Waals surface area contributed by atoms with E-state index in [1.54, 1.807) is 18.3 Å². The number of hydrogen-bond donors (Lipinski definition) is 0. The van der Waals surface area contributed by atoms with Gasteiger partial charge in [-0.15, -0.1) is 0 Å². The van der Waals surface area contributed by atoms with Crippen molar-refractivity contribution in [3.8, 4) is 0 Å². The topological polar surface area (TPSA) is 48.4 Å². The molecule has 0 aliphatic heterocycles. The molecule has 1 heterocycles. The Morgan fingerprint density at radius 2 is 2.14 bits per heavy atom. The minimum absolute atomic E-state index is 0.131. The summed E-state index contributed by atoms with van der Waals surface area (Å²) < 4.78 is 9.37. The van der Waals surface area contributed by atoms with Crippen LogP contribution in [0.1, 0.15) is 5.69 Å². The third-order valence-corrected chi connectivity index (χ3v) is 1.57. The lowest BCUT2D eigenvalue weighted by Crippen LogP contribution is -2.06. The lowest BCUT2D eigenvalue weighted by Gasteiger charge is -2.02. The molecule has 0 saturated carbocycles. The van der Waals surface area contributed by atoms with E-state index in [1.165, 1.54) is 20.3 Å². The summed E-state index contributed by atoms with van der Waals surface area (Å²) in [5.74, 6) is -0.385. The molecule has 1 aromatic rings. The van der Waals surface area contributed by atoms with Gasteiger partial charge in [0, 0.05) is 12.3 Å². The zero-order valence-electron chi connectivity index (χ0n) is 8.06. The Kier molecular flexibility index (Phi) is 3.67. The molecule has 4 heteroatoms. The average molecular weight is 193 g/mol. The molecule has 0 amide bonds. The standard InChI is InChI=1S/C10H11NO3/c1-13-9(10(12)14-2)7-8-5-3-4-6-11-8/h3-7H,1-2H3/b9-7+. The second-order valence-corrected chi connectivity index (χ2v) is 2.46. The fraction of sp³-hybridized carbons (Fsp3) is 0.200. The van der Waals surface area contributed by atoms with Crippen LogP contribution in [0, 0.1) is 0 Å². The number of aromatic nitrogens is 1. The second kappa shape index (κ2) is 5.01. The summed E-state index contributed by atoms with van der Waals surface area (Å²) in [6.07, 6.45) is 3.15. The first kappa shape index (κ1) is 10.2. The number of ether oxygens (including phenoxy) is 2. The van der Waals surface area contributed by atoms with Gasteiger partial charge in [-0.1, -0.05) is 6.07 Å². The first-order valence-electron chi connectivity index (χ1n) is 4.03. The van der Waals surface area contributed by atoms with E-state index in [9.17, 15) is 4.79 Å². The van der Waals surface area contributed by atoms with Gasteiger partial charge in [0.2, 0.25) is 5.76 Å². The van der Waals surface area contributed by atoms with Crippen molar-refractivity contribution in [1.82, 2.24) is 4.98 Å². The molecule has 0 unspecified atom stereocenters. The fourth-order valence-corrected chi connectivity index (χ4v) is 0.897. The zero-order valence-corrected chi connectivity index (χ0v) is 8.06. The first-order chi connectivity index (χ1) is 6.77. The smallest absolute Gasteiger partial charge is 0.373 e. The molecule has 0 radical (unpaired) electrons. The summed E-state index contributed by atoms with van der Waals surface area (Å²) in [6, 6.07) is 5.38. The highest BCUT2D eigenvalue weighted by Gasteiger charge is 2.09. The van der Waals surface area contributed by atoms with Gasteiger partial charge in [-0.05, 0) is 12.1 Å². The minimum atomic E-state index is -0.516. The van der Waals surface area contributed by atoms with E-state index in [2.05, 4.69) is 9.72 Å². The van der Waals surface area contributed by atoms with Crippen LogP contribution in [0.25, 0.3) is 6.08 Å². The van der Waals surface area contributed by atoms with Gasteiger partial charge in [0.15, 0.2) is 0 Å². The van der Waals surface area contributed by atoms with Gasteiger partial charge in [-0.25, -0.2) is 4.79 Å². The highest BCUT2D eigenvalue weighted by atomic mass is 16.6. The monoisotopic (exact) mass is 193 g/mol. The molecule has 0 aromatic carbocycles. The molecule has 4 nitrogen and oxygen atoms in total. The van der Waals surface area contributed by atoms with Crippen LogP contribution in [0.4, 0.5) is 0 Å². The van der Waals surface area contributed by atoms with Crippen molar-refractivity contribution >= 4 is 12.0 Å². The highest BCUT2D eigenvalue weighted by Crippen LogP contribution is 2.05. The van der Waals surface area contributed by atoms with Gasteiger partial charge < -0.3 is 9.47 Å². The maximum Gasteiger partial charge on any atom is 0.373 e. The lowest BCUT2D eigenvalue weighted by molar-refractivity contribution is -0.139. The molecule has 0 aliphatic carbocycles. The maximum absolute atomic E-state index is 11.1. The van der Waals surface area contributed by atoms with E-state index in [1.807, 2.05) is 6.07 Å². The maximum atomic E-state index is 11.1. The van der Waals surface area contributed by atoms with Crippen LogP contribution in [-0.2, 0) is 14.3 Å². The number of esters is 1.